The van der Waals surface area contributed by atoms with E-state index in [0.29, 0.717) is 39.1 Å². The third-order valence-electron chi connectivity index (χ3n) is 3.45. The number of rotatable bonds is 4. The maximum Gasteiger partial charge on any atom is 0.401 e. The highest BCUT2D eigenvalue weighted by atomic mass is 19.4. The maximum absolute atomic E-state index is 12.4. The molecular formula is C13H20F3N5O. The van der Waals surface area contributed by atoms with Crippen molar-refractivity contribution in [2.45, 2.75) is 19.1 Å². The Morgan fingerprint density at radius 3 is 2.73 bits per heavy atom. The van der Waals surface area contributed by atoms with Crippen LogP contribution in [0.25, 0.3) is 0 Å². The van der Waals surface area contributed by atoms with E-state index in [2.05, 4.69) is 10.4 Å². The van der Waals surface area contributed by atoms with Crippen molar-refractivity contribution in [3.63, 3.8) is 0 Å². The van der Waals surface area contributed by atoms with Gasteiger partial charge in [-0.25, -0.2) is 4.79 Å². The molecule has 0 saturated carbocycles. The van der Waals surface area contributed by atoms with Gasteiger partial charge in [-0.3, -0.25) is 9.58 Å². The summed E-state index contributed by atoms with van der Waals surface area (Å²) in [7, 11) is 0. The molecule has 1 aromatic rings. The summed E-state index contributed by atoms with van der Waals surface area (Å²) in [6.07, 6.45) is -0.192. The van der Waals surface area contributed by atoms with Crippen molar-refractivity contribution in [2.24, 2.45) is 0 Å². The molecule has 1 aliphatic heterocycles. The predicted octanol–water partition coefficient (Wildman–Crippen LogP) is 1.16. The maximum atomic E-state index is 12.4. The van der Waals surface area contributed by atoms with Gasteiger partial charge in [-0.1, -0.05) is 0 Å². The van der Waals surface area contributed by atoms with E-state index in [9.17, 15) is 18.0 Å². The van der Waals surface area contributed by atoms with E-state index < -0.39 is 12.7 Å². The Bertz CT molecular complexity index is 463. The van der Waals surface area contributed by atoms with Crippen molar-refractivity contribution in [3.05, 3.63) is 18.5 Å². The SMILES string of the molecule is O=C(NCCn1cccn1)N1CCCN(CC(F)(F)F)CC1. The molecule has 1 N–H and O–H groups in total. The van der Waals surface area contributed by atoms with E-state index in [-0.39, 0.29) is 12.6 Å². The van der Waals surface area contributed by atoms with E-state index in [1.165, 1.54) is 4.90 Å². The number of carbonyl (C=O) groups excluding carboxylic acids is 1. The normalized spacial score (nSPS) is 17.3. The molecule has 1 aliphatic rings. The Kier molecular flexibility index (Phi) is 5.64. The van der Waals surface area contributed by atoms with Crippen LogP contribution in [0.15, 0.2) is 18.5 Å². The van der Waals surface area contributed by atoms with E-state index in [0.717, 1.165) is 0 Å². The number of hydrogen-bond donors (Lipinski definition) is 1. The van der Waals surface area contributed by atoms with Crippen LogP contribution in [0.1, 0.15) is 6.42 Å². The molecule has 0 bridgehead atoms. The summed E-state index contributed by atoms with van der Waals surface area (Å²) in [4.78, 5) is 14.9. The van der Waals surface area contributed by atoms with Gasteiger partial charge in [0, 0.05) is 45.1 Å². The molecule has 0 spiro atoms. The van der Waals surface area contributed by atoms with Gasteiger partial charge in [0.25, 0.3) is 0 Å². The van der Waals surface area contributed by atoms with Crippen molar-refractivity contribution in [2.75, 3.05) is 39.3 Å². The molecule has 6 nitrogen and oxygen atoms in total. The first-order valence-corrected chi connectivity index (χ1v) is 7.23. The van der Waals surface area contributed by atoms with Crippen LogP contribution < -0.4 is 5.32 Å². The first-order chi connectivity index (χ1) is 10.4. The number of amides is 2. The summed E-state index contributed by atoms with van der Waals surface area (Å²) in [5.74, 6) is 0. The number of hydrogen-bond acceptors (Lipinski definition) is 3. The third kappa shape index (κ3) is 5.55. The zero-order valence-electron chi connectivity index (χ0n) is 12.2. The summed E-state index contributed by atoms with van der Waals surface area (Å²) in [6.45, 7) is 1.46. The van der Waals surface area contributed by atoms with Crippen LogP contribution in [0, 0.1) is 0 Å². The molecule has 2 heterocycles. The highest BCUT2D eigenvalue weighted by Crippen LogP contribution is 2.17. The fourth-order valence-electron chi connectivity index (χ4n) is 2.41. The fourth-order valence-corrected chi connectivity index (χ4v) is 2.41. The minimum Gasteiger partial charge on any atom is -0.336 e. The van der Waals surface area contributed by atoms with Gasteiger partial charge in [-0.2, -0.15) is 18.3 Å². The van der Waals surface area contributed by atoms with Crippen LogP contribution in [0.3, 0.4) is 0 Å². The second kappa shape index (κ2) is 7.48. The summed E-state index contributed by atoms with van der Waals surface area (Å²) >= 11 is 0. The Morgan fingerprint density at radius 1 is 1.23 bits per heavy atom. The number of nitrogens with zero attached hydrogens (tertiary/aromatic N) is 4. The molecule has 0 atom stereocenters. The molecule has 0 radical (unpaired) electrons. The smallest absolute Gasteiger partial charge is 0.336 e. The summed E-state index contributed by atoms with van der Waals surface area (Å²) in [6, 6.07) is 1.56. The number of carbonyl (C=O) groups is 1. The lowest BCUT2D eigenvalue weighted by atomic mass is 10.4. The lowest BCUT2D eigenvalue weighted by Gasteiger charge is -2.23. The Balaban J connectivity index is 1.72. The average molecular weight is 319 g/mol. The van der Waals surface area contributed by atoms with Gasteiger partial charge in [0.15, 0.2) is 0 Å². The zero-order valence-corrected chi connectivity index (χ0v) is 12.2. The van der Waals surface area contributed by atoms with Gasteiger partial charge in [-0.15, -0.1) is 0 Å². The lowest BCUT2D eigenvalue weighted by Crippen LogP contribution is -2.43. The predicted molar refractivity (Wildman–Crippen MR) is 74.3 cm³/mol. The molecule has 22 heavy (non-hydrogen) atoms. The molecule has 9 heteroatoms. The number of aromatic nitrogens is 2. The van der Waals surface area contributed by atoms with Gasteiger partial charge in [0.05, 0.1) is 13.1 Å². The zero-order chi connectivity index (χ0) is 16.0. The quantitative estimate of drug-likeness (QED) is 0.906. The Hall–Kier alpha value is -1.77. The summed E-state index contributed by atoms with van der Waals surface area (Å²) in [5, 5.41) is 6.79. The lowest BCUT2D eigenvalue weighted by molar-refractivity contribution is -0.145. The molecule has 1 aromatic heterocycles. The Labute approximate surface area is 126 Å². The first kappa shape index (κ1) is 16.6. The van der Waals surface area contributed by atoms with E-state index in [1.54, 1.807) is 28.0 Å². The molecule has 124 valence electrons. The fraction of sp³-hybridized carbons (Fsp3) is 0.692. The van der Waals surface area contributed by atoms with Crippen molar-refractivity contribution in [1.29, 1.82) is 0 Å². The molecule has 1 saturated heterocycles. The van der Waals surface area contributed by atoms with E-state index in [4.69, 9.17) is 0 Å². The van der Waals surface area contributed by atoms with Crippen molar-refractivity contribution in [3.8, 4) is 0 Å². The number of nitrogens with one attached hydrogen (secondary N) is 1. The number of urea groups is 1. The first-order valence-electron chi connectivity index (χ1n) is 7.23. The highest BCUT2D eigenvalue weighted by Gasteiger charge is 2.31. The summed E-state index contributed by atoms with van der Waals surface area (Å²) < 4.78 is 38.9. The monoisotopic (exact) mass is 319 g/mol. The molecule has 2 amide bonds. The molecule has 1 fully saturated rings. The van der Waals surface area contributed by atoms with E-state index >= 15 is 0 Å². The minimum atomic E-state index is -4.19. The topological polar surface area (TPSA) is 53.4 Å². The van der Waals surface area contributed by atoms with Gasteiger partial charge in [0.2, 0.25) is 0 Å². The summed E-state index contributed by atoms with van der Waals surface area (Å²) in [5.41, 5.74) is 0. The minimum absolute atomic E-state index is 0.235. The largest absolute Gasteiger partial charge is 0.401 e. The van der Waals surface area contributed by atoms with Gasteiger partial charge in [-0.05, 0) is 12.5 Å². The van der Waals surface area contributed by atoms with Gasteiger partial charge < -0.3 is 10.2 Å². The van der Waals surface area contributed by atoms with Crippen LogP contribution in [-0.4, -0.2) is 71.1 Å². The van der Waals surface area contributed by atoms with Crippen LogP contribution in [0.4, 0.5) is 18.0 Å². The molecule has 0 aliphatic carbocycles. The van der Waals surface area contributed by atoms with Crippen LogP contribution >= 0.6 is 0 Å². The standard InChI is InChI=1S/C13H20F3N5O/c14-13(15,16)11-19-5-2-6-20(10-9-19)12(22)17-4-8-21-7-1-3-18-21/h1,3,7H,2,4-6,8-11H2,(H,17,22). The van der Waals surface area contributed by atoms with Crippen LogP contribution in [-0.2, 0) is 6.54 Å². The average Bonchev–Trinajstić information content (AvgIpc) is 2.83. The molecular weight excluding hydrogens is 299 g/mol. The second-order valence-electron chi connectivity index (χ2n) is 5.23. The number of alkyl halides is 3. The van der Waals surface area contributed by atoms with Gasteiger partial charge >= 0.3 is 12.2 Å². The molecule has 2 rings (SSSR count). The van der Waals surface area contributed by atoms with Crippen LogP contribution in [0.5, 0.6) is 0 Å². The third-order valence-corrected chi connectivity index (χ3v) is 3.45. The van der Waals surface area contributed by atoms with Crippen molar-refractivity contribution >= 4 is 6.03 Å². The highest BCUT2D eigenvalue weighted by molar-refractivity contribution is 5.74. The number of halogens is 3. The molecule has 0 unspecified atom stereocenters. The van der Waals surface area contributed by atoms with Crippen molar-refractivity contribution in [1.82, 2.24) is 24.9 Å². The Morgan fingerprint density at radius 2 is 2.05 bits per heavy atom. The van der Waals surface area contributed by atoms with E-state index in [1.807, 2.05) is 0 Å². The molecule has 0 aromatic carbocycles. The second-order valence-corrected chi connectivity index (χ2v) is 5.23. The van der Waals surface area contributed by atoms with Gasteiger partial charge in [0.1, 0.15) is 0 Å². The van der Waals surface area contributed by atoms with Crippen molar-refractivity contribution < 1.29 is 18.0 Å². The van der Waals surface area contributed by atoms with Crippen LogP contribution in [0.2, 0.25) is 0 Å².